The predicted molar refractivity (Wildman–Crippen MR) is 56.3 cm³/mol. The number of methoxy groups -OCH3 is 1. The Morgan fingerprint density at radius 1 is 1.31 bits per heavy atom. The van der Waals surface area contributed by atoms with Crippen molar-refractivity contribution in [3.05, 3.63) is 35.4 Å². The Labute approximate surface area is 92.8 Å². The molecule has 1 aromatic rings. The summed E-state index contributed by atoms with van der Waals surface area (Å²) in [5.41, 5.74) is 1.26. The van der Waals surface area contributed by atoms with Crippen LogP contribution in [0.2, 0.25) is 0 Å². The molecule has 4 nitrogen and oxygen atoms in total. The summed E-state index contributed by atoms with van der Waals surface area (Å²) in [7, 11) is 1.38. The lowest BCUT2D eigenvalue weighted by Crippen LogP contribution is -2.04. The van der Waals surface area contributed by atoms with Crippen molar-refractivity contribution >= 4 is 11.9 Å². The van der Waals surface area contributed by atoms with Gasteiger partial charge in [-0.05, 0) is 30.0 Å². The van der Waals surface area contributed by atoms with Crippen LogP contribution in [0.15, 0.2) is 24.3 Å². The molecule has 1 aromatic carbocycles. The van der Waals surface area contributed by atoms with Gasteiger partial charge < -0.3 is 9.84 Å². The molecule has 0 unspecified atom stereocenters. The SMILES string of the molecule is COC(=O)[C@H]1C[C@@H]1c1ccc(C(=O)O)cc1. The van der Waals surface area contributed by atoms with E-state index in [9.17, 15) is 9.59 Å². The Balaban J connectivity index is 2.07. The van der Waals surface area contributed by atoms with Crippen molar-refractivity contribution in [2.75, 3.05) is 7.11 Å². The van der Waals surface area contributed by atoms with Crippen LogP contribution >= 0.6 is 0 Å². The first kappa shape index (κ1) is 10.7. The number of carboxylic acid groups (broad SMARTS) is 1. The van der Waals surface area contributed by atoms with E-state index in [1.807, 2.05) is 0 Å². The summed E-state index contributed by atoms with van der Waals surface area (Å²) >= 11 is 0. The minimum atomic E-state index is -0.938. The van der Waals surface area contributed by atoms with E-state index in [1.165, 1.54) is 7.11 Å². The Morgan fingerprint density at radius 2 is 1.94 bits per heavy atom. The van der Waals surface area contributed by atoms with Gasteiger partial charge in [-0.2, -0.15) is 0 Å². The molecule has 1 aliphatic carbocycles. The van der Waals surface area contributed by atoms with E-state index in [0.717, 1.165) is 12.0 Å². The fraction of sp³-hybridized carbons (Fsp3) is 0.333. The van der Waals surface area contributed by atoms with E-state index in [1.54, 1.807) is 24.3 Å². The molecule has 16 heavy (non-hydrogen) atoms. The van der Waals surface area contributed by atoms with Crippen molar-refractivity contribution in [3.8, 4) is 0 Å². The van der Waals surface area contributed by atoms with Gasteiger partial charge in [0.1, 0.15) is 0 Å². The third-order valence-electron chi connectivity index (χ3n) is 2.88. The minimum absolute atomic E-state index is 0.0549. The second-order valence-electron chi connectivity index (χ2n) is 3.90. The Kier molecular flexibility index (Phi) is 2.64. The highest BCUT2D eigenvalue weighted by molar-refractivity contribution is 5.87. The molecular formula is C12H12O4. The molecule has 0 saturated heterocycles. The van der Waals surface area contributed by atoms with Crippen molar-refractivity contribution < 1.29 is 19.4 Å². The lowest BCUT2D eigenvalue weighted by molar-refractivity contribution is -0.142. The van der Waals surface area contributed by atoms with Crippen LogP contribution in [0, 0.1) is 5.92 Å². The van der Waals surface area contributed by atoms with Gasteiger partial charge in [-0.15, -0.1) is 0 Å². The molecule has 2 atom stereocenters. The van der Waals surface area contributed by atoms with Crippen LogP contribution < -0.4 is 0 Å². The number of carbonyl (C=O) groups excluding carboxylic acids is 1. The summed E-state index contributed by atoms with van der Waals surface area (Å²) in [5, 5.41) is 8.73. The first-order valence-electron chi connectivity index (χ1n) is 5.04. The molecule has 4 heteroatoms. The number of hydrogen-bond donors (Lipinski definition) is 1. The van der Waals surface area contributed by atoms with Crippen LogP contribution in [0.3, 0.4) is 0 Å². The van der Waals surface area contributed by atoms with E-state index in [4.69, 9.17) is 5.11 Å². The topological polar surface area (TPSA) is 63.6 Å². The maximum absolute atomic E-state index is 11.2. The molecule has 0 bridgehead atoms. The molecule has 0 aromatic heterocycles. The largest absolute Gasteiger partial charge is 0.478 e. The highest BCUT2D eigenvalue weighted by Crippen LogP contribution is 2.47. The second kappa shape index (κ2) is 3.96. The van der Waals surface area contributed by atoms with Crippen molar-refractivity contribution in [2.45, 2.75) is 12.3 Å². The standard InChI is InChI=1S/C12H12O4/c1-16-12(15)10-6-9(10)7-2-4-8(5-3-7)11(13)14/h2-5,9-10H,6H2,1H3,(H,13,14)/t9-,10+/m1/s1. The van der Waals surface area contributed by atoms with Gasteiger partial charge in [-0.25, -0.2) is 4.79 Å². The zero-order valence-electron chi connectivity index (χ0n) is 8.84. The van der Waals surface area contributed by atoms with Gasteiger partial charge in [0.25, 0.3) is 0 Å². The van der Waals surface area contributed by atoms with E-state index in [-0.39, 0.29) is 23.4 Å². The first-order chi connectivity index (χ1) is 7.63. The summed E-state index contributed by atoms with van der Waals surface area (Å²) in [4.78, 5) is 21.9. The van der Waals surface area contributed by atoms with Gasteiger partial charge >= 0.3 is 11.9 Å². The molecule has 1 saturated carbocycles. The number of esters is 1. The fourth-order valence-corrected chi connectivity index (χ4v) is 1.85. The summed E-state index contributed by atoms with van der Waals surface area (Å²) < 4.78 is 4.65. The molecular weight excluding hydrogens is 208 g/mol. The molecule has 1 aliphatic rings. The fourth-order valence-electron chi connectivity index (χ4n) is 1.85. The van der Waals surface area contributed by atoms with Crippen molar-refractivity contribution in [1.82, 2.24) is 0 Å². The van der Waals surface area contributed by atoms with E-state index in [0.29, 0.717) is 0 Å². The summed E-state index contributed by atoms with van der Waals surface area (Å²) in [5.74, 6) is -0.991. The van der Waals surface area contributed by atoms with Crippen LogP contribution in [0.4, 0.5) is 0 Å². The molecule has 0 radical (unpaired) electrons. The number of hydrogen-bond acceptors (Lipinski definition) is 3. The number of benzene rings is 1. The van der Waals surface area contributed by atoms with Gasteiger partial charge in [0.05, 0.1) is 18.6 Å². The average Bonchev–Trinajstić information content (AvgIpc) is 3.08. The summed E-state index contributed by atoms with van der Waals surface area (Å²) in [6, 6.07) is 6.64. The monoisotopic (exact) mass is 220 g/mol. The highest BCUT2D eigenvalue weighted by Gasteiger charge is 2.44. The van der Waals surface area contributed by atoms with Crippen molar-refractivity contribution in [3.63, 3.8) is 0 Å². The smallest absolute Gasteiger partial charge is 0.335 e. The Morgan fingerprint density at radius 3 is 2.44 bits per heavy atom. The number of aromatic carboxylic acids is 1. The molecule has 0 spiro atoms. The molecule has 0 heterocycles. The molecule has 0 amide bonds. The van der Waals surface area contributed by atoms with Crippen molar-refractivity contribution in [1.29, 1.82) is 0 Å². The number of carbonyl (C=O) groups is 2. The summed E-state index contributed by atoms with van der Waals surface area (Å²) in [6.45, 7) is 0. The normalized spacial score (nSPS) is 22.6. The van der Waals surface area contributed by atoms with E-state index in [2.05, 4.69) is 4.74 Å². The van der Waals surface area contributed by atoms with Gasteiger partial charge in [0.15, 0.2) is 0 Å². The van der Waals surface area contributed by atoms with Crippen LogP contribution in [0.25, 0.3) is 0 Å². The second-order valence-corrected chi connectivity index (χ2v) is 3.90. The quantitative estimate of drug-likeness (QED) is 0.787. The van der Waals surface area contributed by atoms with Gasteiger partial charge in [0, 0.05) is 0 Å². The Hall–Kier alpha value is -1.84. The number of rotatable bonds is 3. The molecule has 0 aliphatic heterocycles. The zero-order chi connectivity index (χ0) is 11.7. The van der Waals surface area contributed by atoms with Gasteiger partial charge in [-0.3, -0.25) is 4.79 Å². The lowest BCUT2D eigenvalue weighted by atomic mass is 10.1. The first-order valence-corrected chi connectivity index (χ1v) is 5.04. The lowest BCUT2D eigenvalue weighted by Gasteiger charge is -2.00. The van der Waals surface area contributed by atoms with Gasteiger partial charge in [-0.1, -0.05) is 12.1 Å². The Bertz CT molecular complexity index is 421. The molecule has 1 fully saturated rings. The molecule has 2 rings (SSSR count). The number of carboxylic acids is 1. The van der Waals surface area contributed by atoms with Crippen LogP contribution in [0.5, 0.6) is 0 Å². The molecule has 1 N–H and O–H groups in total. The number of ether oxygens (including phenoxy) is 1. The average molecular weight is 220 g/mol. The van der Waals surface area contributed by atoms with Crippen molar-refractivity contribution in [2.24, 2.45) is 5.92 Å². The highest BCUT2D eigenvalue weighted by atomic mass is 16.5. The zero-order valence-corrected chi connectivity index (χ0v) is 8.84. The van der Waals surface area contributed by atoms with Crippen LogP contribution in [-0.4, -0.2) is 24.2 Å². The van der Waals surface area contributed by atoms with Crippen LogP contribution in [-0.2, 0) is 9.53 Å². The summed E-state index contributed by atoms with van der Waals surface area (Å²) in [6.07, 6.45) is 0.791. The van der Waals surface area contributed by atoms with Crippen LogP contribution in [0.1, 0.15) is 28.3 Å². The minimum Gasteiger partial charge on any atom is -0.478 e. The van der Waals surface area contributed by atoms with E-state index >= 15 is 0 Å². The molecule has 84 valence electrons. The predicted octanol–water partition coefficient (Wildman–Crippen LogP) is 1.66. The van der Waals surface area contributed by atoms with Gasteiger partial charge in [0.2, 0.25) is 0 Å². The van der Waals surface area contributed by atoms with E-state index < -0.39 is 5.97 Å². The maximum Gasteiger partial charge on any atom is 0.335 e. The third-order valence-corrected chi connectivity index (χ3v) is 2.88. The third kappa shape index (κ3) is 1.91. The maximum atomic E-state index is 11.2.